The van der Waals surface area contributed by atoms with Gasteiger partial charge in [0.1, 0.15) is 0 Å². The first kappa shape index (κ1) is 12.9. The number of hydrogen-bond donors (Lipinski definition) is 3. The first-order valence-electron chi connectivity index (χ1n) is 4.69. The summed E-state index contributed by atoms with van der Waals surface area (Å²) >= 11 is 0. The highest BCUT2D eigenvalue weighted by atomic mass is 16.4. The SMILES string of the molecule is CC(CCC(=O)O)NC(=O)C(C)CN. The fourth-order valence-corrected chi connectivity index (χ4v) is 0.904. The Morgan fingerprint density at radius 2 is 2.00 bits per heavy atom. The fraction of sp³-hybridized carbons (Fsp3) is 0.778. The Bertz CT molecular complexity index is 206. The fourth-order valence-electron chi connectivity index (χ4n) is 0.904. The van der Waals surface area contributed by atoms with Gasteiger partial charge in [0.05, 0.1) is 0 Å². The molecule has 0 fully saturated rings. The molecular weight excluding hydrogens is 184 g/mol. The molecule has 82 valence electrons. The van der Waals surface area contributed by atoms with E-state index < -0.39 is 5.97 Å². The summed E-state index contributed by atoms with van der Waals surface area (Å²) < 4.78 is 0. The summed E-state index contributed by atoms with van der Waals surface area (Å²) in [6, 6.07) is -0.118. The largest absolute Gasteiger partial charge is 0.481 e. The molecule has 0 aliphatic carbocycles. The summed E-state index contributed by atoms with van der Waals surface area (Å²) in [5.41, 5.74) is 5.32. The van der Waals surface area contributed by atoms with Crippen molar-refractivity contribution >= 4 is 11.9 Å². The van der Waals surface area contributed by atoms with Gasteiger partial charge in [0.15, 0.2) is 0 Å². The quantitative estimate of drug-likeness (QED) is 0.563. The van der Waals surface area contributed by atoms with Crippen LogP contribution in [0.15, 0.2) is 0 Å². The lowest BCUT2D eigenvalue weighted by Gasteiger charge is -2.15. The van der Waals surface area contributed by atoms with Crippen LogP contribution in [0.4, 0.5) is 0 Å². The van der Waals surface area contributed by atoms with Crippen molar-refractivity contribution in [2.24, 2.45) is 11.7 Å². The highest BCUT2D eigenvalue weighted by Gasteiger charge is 2.13. The summed E-state index contributed by atoms with van der Waals surface area (Å²) in [7, 11) is 0. The van der Waals surface area contributed by atoms with Crippen molar-refractivity contribution in [2.45, 2.75) is 32.7 Å². The second-order valence-corrected chi connectivity index (χ2v) is 3.48. The lowest BCUT2D eigenvalue weighted by Crippen LogP contribution is -2.39. The zero-order valence-electron chi connectivity index (χ0n) is 8.62. The van der Waals surface area contributed by atoms with Gasteiger partial charge in [-0.25, -0.2) is 0 Å². The maximum Gasteiger partial charge on any atom is 0.303 e. The zero-order chi connectivity index (χ0) is 11.1. The Morgan fingerprint density at radius 3 is 2.43 bits per heavy atom. The molecule has 1 amide bonds. The predicted octanol–water partition coefficient (Wildman–Crippen LogP) is -0.0493. The number of nitrogens with one attached hydrogen (secondary N) is 1. The Labute approximate surface area is 83.7 Å². The molecule has 5 heteroatoms. The molecule has 0 radical (unpaired) electrons. The number of aliphatic carboxylic acids is 1. The molecule has 0 rings (SSSR count). The highest BCUT2D eigenvalue weighted by molar-refractivity contribution is 5.78. The normalized spacial score (nSPS) is 14.5. The van der Waals surface area contributed by atoms with Crippen molar-refractivity contribution in [3.05, 3.63) is 0 Å². The van der Waals surface area contributed by atoms with E-state index in [1.54, 1.807) is 13.8 Å². The van der Waals surface area contributed by atoms with Gasteiger partial charge in [-0.2, -0.15) is 0 Å². The van der Waals surface area contributed by atoms with Gasteiger partial charge in [-0.1, -0.05) is 6.92 Å². The molecule has 0 saturated carbocycles. The van der Waals surface area contributed by atoms with E-state index in [4.69, 9.17) is 10.8 Å². The van der Waals surface area contributed by atoms with Crippen LogP contribution in [0, 0.1) is 5.92 Å². The smallest absolute Gasteiger partial charge is 0.303 e. The van der Waals surface area contributed by atoms with Gasteiger partial charge in [-0.3, -0.25) is 9.59 Å². The monoisotopic (exact) mass is 202 g/mol. The lowest BCUT2D eigenvalue weighted by atomic mass is 10.1. The summed E-state index contributed by atoms with van der Waals surface area (Å²) in [4.78, 5) is 21.5. The predicted molar refractivity (Wildman–Crippen MR) is 52.7 cm³/mol. The molecule has 0 aliphatic rings. The maximum atomic E-state index is 11.3. The first-order chi connectivity index (χ1) is 6.47. The Morgan fingerprint density at radius 1 is 1.43 bits per heavy atom. The molecule has 14 heavy (non-hydrogen) atoms. The minimum Gasteiger partial charge on any atom is -0.481 e. The third-order valence-electron chi connectivity index (χ3n) is 1.98. The second-order valence-electron chi connectivity index (χ2n) is 3.48. The standard InChI is InChI=1S/C9H18N2O3/c1-6(5-10)9(14)11-7(2)3-4-8(12)13/h6-7H,3-5,10H2,1-2H3,(H,11,14)(H,12,13). The van der Waals surface area contributed by atoms with Gasteiger partial charge in [-0.05, 0) is 13.3 Å². The van der Waals surface area contributed by atoms with Crippen LogP contribution in [0.3, 0.4) is 0 Å². The molecular formula is C9H18N2O3. The van der Waals surface area contributed by atoms with Crippen molar-refractivity contribution < 1.29 is 14.7 Å². The molecule has 5 nitrogen and oxygen atoms in total. The number of rotatable bonds is 6. The van der Waals surface area contributed by atoms with Gasteiger partial charge < -0.3 is 16.2 Å². The summed E-state index contributed by atoms with van der Waals surface area (Å²) in [6.07, 6.45) is 0.511. The lowest BCUT2D eigenvalue weighted by molar-refractivity contribution is -0.137. The van der Waals surface area contributed by atoms with E-state index in [1.165, 1.54) is 0 Å². The molecule has 0 heterocycles. The third kappa shape index (κ3) is 5.53. The number of carboxylic acids is 1. The number of hydrogen-bond acceptors (Lipinski definition) is 3. The van der Waals surface area contributed by atoms with Crippen molar-refractivity contribution in [3.63, 3.8) is 0 Å². The van der Waals surface area contributed by atoms with Gasteiger partial charge in [0, 0.05) is 24.9 Å². The topological polar surface area (TPSA) is 92.4 Å². The molecule has 2 atom stereocenters. The molecule has 0 aliphatic heterocycles. The summed E-state index contributed by atoms with van der Waals surface area (Å²) in [5.74, 6) is -1.19. The Balaban J connectivity index is 3.76. The van der Waals surface area contributed by atoms with Crippen LogP contribution in [0.5, 0.6) is 0 Å². The van der Waals surface area contributed by atoms with Crippen LogP contribution in [0.1, 0.15) is 26.7 Å². The molecule has 0 aromatic carbocycles. The van der Waals surface area contributed by atoms with Crippen molar-refractivity contribution in [2.75, 3.05) is 6.54 Å². The number of carboxylic acid groups (broad SMARTS) is 1. The van der Waals surface area contributed by atoms with E-state index in [0.717, 1.165) is 0 Å². The Kier molecular flexibility index (Phi) is 5.87. The first-order valence-corrected chi connectivity index (χ1v) is 4.69. The van der Waals surface area contributed by atoms with Gasteiger partial charge >= 0.3 is 5.97 Å². The third-order valence-corrected chi connectivity index (χ3v) is 1.98. The molecule has 0 spiro atoms. The van der Waals surface area contributed by atoms with E-state index >= 15 is 0 Å². The minimum absolute atomic E-state index is 0.0679. The minimum atomic E-state index is -0.849. The number of amides is 1. The second kappa shape index (κ2) is 6.37. The van der Waals surface area contributed by atoms with Gasteiger partial charge in [0.2, 0.25) is 5.91 Å². The van der Waals surface area contributed by atoms with Crippen LogP contribution in [-0.4, -0.2) is 29.6 Å². The van der Waals surface area contributed by atoms with E-state index in [2.05, 4.69) is 5.32 Å². The van der Waals surface area contributed by atoms with E-state index in [1.807, 2.05) is 0 Å². The maximum absolute atomic E-state index is 11.3. The van der Waals surface area contributed by atoms with Crippen LogP contribution >= 0.6 is 0 Å². The molecule has 0 saturated heterocycles. The van der Waals surface area contributed by atoms with Crippen LogP contribution < -0.4 is 11.1 Å². The van der Waals surface area contributed by atoms with Gasteiger partial charge in [0.25, 0.3) is 0 Å². The molecule has 0 aromatic heterocycles. The Hall–Kier alpha value is -1.10. The van der Waals surface area contributed by atoms with Crippen molar-refractivity contribution in [3.8, 4) is 0 Å². The van der Waals surface area contributed by atoms with Crippen LogP contribution in [-0.2, 0) is 9.59 Å². The van der Waals surface area contributed by atoms with E-state index in [0.29, 0.717) is 13.0 Å². The van der Waals surface area contributed by atoms with E-state index in [9.17, 15) is 9.59 Å². The zero-order valence-corrected chi connectivity index (χ0v) is 8.62. The molecule has 2 unspecified atom stereocenters. The average molecular weight is 202 g/mol. The summed E-state index contributed by atoms with van der Waals surface area (Å²) in [6.45, 7) is 3.82. The average Bonchev–Trinajstić information content (AvgIpc) is 2.13. The van der Waals surface area contributed by atoms with Gasteiger partial charge in [-0.15, -0.1) is 0 Å². The van der Waals surface area contributed by atoms with Crippen molar-refractivity contribution in [1.82, 2.24) is 5.32 Å². The number of carbonyl (C=O) groups is 2. The van der Waals surface area contributed by atoms with Crippen LogP contribution in [0.2, 0.25) is 0 Å². The van der Waals surface area contributed by atoms with Crippen LogP contribution in [0.25, 0.3) is 0 Å². The summed E-state index contributed by atoms with van der Waals surface area (Å²) in [5, 5.41) is 11.1. The molecule has 0 bridgehead atoms. The molecule has 4 N–H and O–H groups in total. The molecule has 0 aromatic rings. The van der Waals surface area contributed by atoms with E-state index in [-0.39, 0.29) is 24.3 Å². The number of nitrogens with two attached hydrogens (primary N) is 1. The highest BCUT2D eigenvalue weighted by Crippen LogP contribution is 1.99. The number of carbonyl (C=O) groups excluding carboxylic acids is 1. The van der Waals surface area contributed by atoms with Crippen molar-refractivity contribution in [1.29, 1.82) is 0 Å².